The van der Waals surface area contributed by atoms with Crippen LogP contribution in [-0.2, 0) is 4.79 Å². The molecule has 0 radical (unpaired) electrons. The van der Waals surface area contributed by atoms with Crippen molar-refractivity contribution in [3.63, 3.8) is 0 Å². The lowest BCUT2D eigenvalue weighted by atomic mass is 9.47. The zero-order chi connectivity index (χ0) is 11.7. The minimum absolute atomic E-state index is 0.207. The normalized spacial score (nSPS) is 51.6. The average Bonchev–Trinajstić information content (AvgIpc) is 2.93. The summed E-state index contributed by atoms with van der Waals surface area (Å²) in [5, 5.41) is 3.47. The monoisotopic (exact) mass is 233 g/mol. The van der Waals surface area contributed by atoms with Gasteiger partial charge in [-0.1, -0.05) is 6.92 Å². The fourth-order valence-corrected chi connectivity index (χ4v) is 5.58. The summed E-state index contributed by atoms with van der Waals surface area (Å²) in [5.41, 5.74) is 0.749. The molecular formula is C15H23NO. The molecule has 0 aliphatic heterocycles. The summed E-state index contributed by atoms with van der Waals surface area (Å²) in [6.07, 6.45) is 10.4. The maximum absolute atomic E-state index is 12.1. The van der Waals surface area contributed by atoms with Gasteiger partial charge in [0.1, 0.15) is 0 Å². The SMILES string of the molecule is CC12C[C@H]3C[C@@H](C1)CC(NC(=O)C1CC1)(C3)C2. The van der Waals surface area contributed by atoms with Crippen LogP contribution in [0, 0.1) is 23.2 Å². The van der Waals surface area contributed by atoms with Gasteiger partial charge in [0.15, 0.2) is 0 Å². The molecule has 5 rings (SSSR count). The van der Waals surface area contributed by atoms with E-state index in [0.717, 1.165) is 24.7 Å². The number of amides is 1. The summed E-state index contributed by atoms with van der Waals surface area (Å²) >= 11 is 0. The molecule has 1 N–H and O–H groups in total. The van der Waals surface area contributed by atoms with E-state index in [4.69, 9.17) is 0 Å². The van der Waals surface area contributed by atoms with E-state index in [1.54, 1.807) is 0 Å². The van der Waals surface area contributed by atoms with Crippen molar-refractivity contribution in [1.29, 1.82) is 0 Å². The Morgan fingerprint density at radius 1 is 1.12 bits per heavy atom. The van der Waals surface area contributed by atoms with Gasteiger partial charge >= 0.3 is 0 Å². The van der Waals surface area contributed by atoms with Gasteiger partial charge in [0.05, 0.1) is 0 Å². The lowest BCUT2D eigenvalue weighted by molar-refractivity contribution is -0.131. The summed E-state index contributed by atoms with van der Waals surface area (Å²) in [4.78, 5) is 12.1. The van der Waals surface area contributed by atoms with E-state index in [1.165, 1.54) is 38.5 Å². The highest BCUT2D eigenvalue weighted by molar-refractivity contribution is 5.81. The molecule has 0 aromatic carbocycles. The molecule has 0 aromatic rings. The highest BCUT2D eigenvalue weighted by atomic mass is 16.2. The number of hydrogen-bond acceptors (Lipinski definition) is 1. The van der Waals surface area contributed by atoms with Crippen molar-refractivity contribution < 1.29 is 4.79 Å². The standard InChI is InChI=1S/C15H23NO/c1-14-5-10-4-11(6-14)8-15(7-10,9-14)16-13(17)12-2-3-12/h10-12H,2-9H2,1H3,(H,16,17)/t10-,11+,14?,15?. The van der Waals surface area contributed by atoms with Crippen LogP contribution >= 0.6 is 0 Å². The third-order valence-electron chi connectivity index (χ3n) is 5.69. The Bertz CT molecular complexity index is 357. The van der Waals surface area contributed by atoms with Crippen LogP contribution in [0.2, 0.25) is 0 Å². The van der Waals surface area contributed by atoms with Crippen molar-refractivity contribution in [1.82, 2.24) is 5.32 Å². The van der Waals surface area contributed by atoms with Crippen LogP contribution in [0.25, 0.3) is 0 Å². The van der Waals surface area contributed by atoms with Crippen LogP contribution in [0.5, 0.6) is 0 Å². The molecule has 5 fully saturated rings. The number of rotatable bonds is 2. The molecule has 0 spiro atoms. The first-order chi connectivity index (χ1) is 8.06. The molecule has 5 aliphatic rings. The summed E-state index contributed by atoms with van der Waals surface area (Å²) in [7, 11) is 0. The van der Waals surface area contributed by atoms with E-state index in [2.05, 4.69) is 12.2 Å². The Balaban J connectivity index is 1.58. The Morgan fingerprint density at radius 2 is 1.76 bits per heavy atom. The second-order valence-electron chi connectivity index (χ2n) is 7.82. The Hall–Kier alpha value is -0.530. The summed E-state index contributed by atoms with van der Waals surface area (Å²) < 4.78 is 0. The van der Waals surface area contributed by atoms with Crippen molar-refractivity contribution in [2.24, 2.45) is 23.2 Å². The number of nitrogens with one attached hydrogen (secondary N) is 1. The van der Waals surface area contributed by atoms with E-state index < -0.39 is 0 Å². The van der Waals surface area contributed by atoms with Crippen molar-refractivity contribution in [2.45, 2.75) is 63.8 Å². The highest BCUT2D eigenvalue weighted by Gasteiger charge is 2.56. The first-order valence-corrected chi connectivity index (χ1v) is 7.38. The van der Waals surface area contributed by atoms with Gasteiger partial charge in [0, 0.05) is 11.5 Å². The average molecular weight is 233 g/mol. The molecule has 4 atom stereocenters. The van der Waals surface area contributed by atoms with E-state index in [0.29, 0.717) is 17.2 Å². The van der Waals surface area contributed by atoms with Crippen molar-refractivity contribution >= 4 is 5.91 Å². The molecule has 0 saturated heterocycles. The molecule has 0 aromatic heterocycles. The van der Waals surface area contributed by atoms with Gasteiger partial charge in [-0.15, -0.1) is 0 Å². The molecule has 0 heterocycles. The predicted octanol–water partition coefficient (Wildman–Crippen LogP) is 2.87. The van der Waals surface area contributed by atoms with Gasteiger partial charge in [-0.05, 0) is 68.6 Å². The lowest BCUT2D eigenvalue weighted by Crippen LogP contribution is -2.62. The van der Waals surface area contributed by atoms with E-state index in [-0.39, 0.29) is 5.54 Å². The van der Waals surface area contributed by atoms with Crippen LogP contribution in [0.1, 0.15) is 58.3 Å². The van der Waals surface area contributed by atoms with Crippen LogP contribution in [0.4, 0.5) is 0 Å². The molecular weight excluding hydrogens is 210 g/mol. The zero-order valence-electron chi connectivity index (χ0n) is 10.8. The van der Waals surface area contributed by atoms with Crippen molar-refractivity contribution in [2.75, 3.05) is 0 Å². The summed E-state index contributed by atoms with van der Waals surface area (Å²) in [6, 6.07) is 0. The van der Waals surface area contributed by atoms with Crippen LogP contribution < -0.4 is 5.32 Å². The summed E-state index contributed by atoms with van der Waals surface area (Å²) in [5.74, 6) is 2.55. The molecule has 4 bridgehead atoms. The van der Waals surface area contributed by atoms with Gasteiger partial charge < -0.3 is 5.32 Å². The molecule has 94 valence electrons. The lowest BCUT2D eigenvalue weighted by Gasteiger charge is -2.61. The largest absolute Gasteiger partial charge is 0.350 e. The third-order valence-corrected chi connectivity index (χ3v) is 5.69. The second-order valence-corrected chi connectivity index (χ2v) is 7.82. The topological polar surface area (TPSA) is 29.1 Å². The zero-order valence-corrected chi connectivity index (χ0v) is 10.8. The first-order valence-electron chi connectivity index (χ1n) is 7.38. The number of hydrogen-bond donors (Lipinski definition) is 1. The minimum Gasteiger partial charge on any atom is -0.350 e. The van der Waals surface area contributed by atoms with Crippen LogP contribution in [0.3, 0.4) is 0 Å². The first kappa shape index (κ1) is 10.4. The minimum atomic E-state index is 0.207. The molecule has 2 nitrogen and oxygen atoms in total. The number of carbonyl (C=O) groups excluding carboxylic acids is 1. The smallest absolute Gasteiger partial charge is 0.223 e. The van der Waals surface area contributed by atoms with E-state index in [1.807, 2.05) is 0 Å². The predicted molar refractivity (Wildman–Crippen MR) is 66.4 cm³/mol. The molecule has 17 heavy (non-hydrogen) atoms. The fourth-order valence-electron chi connectivity index (χ4n) is 5.58. The van der Waals surface area contributed by atoms with Crippen molar-refractivity contribution in [3.8, 4) is 0 Å². The molecule has 1 amide bonds. The molecule has 2 heteroatoms. The maximum atomic E-state index is 12.1. The fraction of sp³-hybridized carbons (Fsp3) is 0.933. The van der Waals surface area contributed by atoms with Crippen molar-refractivity contribution in [3.05, 3.63) is 0 Å². The molecule has 5 aliphatic carbocycles. The van der Waals surface area contributed by atoms with Gasteiger partial charge in [0.25, 0.3) is 0 Å². The van der Waals surface area contributed by atoms with Gasteiger partial charge in [-0.3, -0.25) is 4.79 Å². The molecule has 2 unspecified atom stereocenters. The Kier molecular flexibility index (Phi) is 1.88. The maximum Gasteiger partial charge on any atom is 0.223 e. The van der Waals surface area contributed by atoms with E-state index in [9.17, 15) is 4.79 Å². The van der Waals surface area contributed by atoms with Crippen LogP contribution in [0.15, 0.2) is 0 Å². The van der Waals surface area contributed by atoms with Gasteiger partial charge in [-0.25, -0.2) is 0 Å². The second kappa shape index (κ2) is 3.07. The molecule has 5 saturated carbocycles. The highest BCUT2D eigenvalue weighted by Crippen LogP contribution is 2.61. The summed E-state index contributed by atoms with van der Waals surface area (Å²) in [6.45, 7) is 2.46. The van der Waals surface area contributed by atoms with Gasteiger partial charge in [-0.2, -0.15) is 0 Å². The van der Waals surface area contributed by atoms with E-state index >= 15 is 0 Å². The van der Waals surface area contributed by atoms with Crippen LogP contribution in [-0.4, -0.2) is 11.4 Å². The van der Waals surface area contributed by atoms with Gasteiger partial charge in [0.2, 0.25) is 5.91 Å². The quantitative estimate of drug-likeness (QED) is 0.780. The Labute approximate surface area is 104 Å². The number of carbonyl (C=O) groups is 1. The Morgan fingerprint density at radius 3 is 2.29 bits per heavy atom. The third kappa shape index (κ3) is 1.63.